The molecule has 0 heterocycles. The van der Waals surface area contributed by atoms with E-state index in [4.69, 9.17) is 11.5 Å². The number of benzene rings is 2. The largest absolute Gasteiger partial charge is 0.507 e. The molecule has 2 aromatic rings. The topological polar surface area (TPSA) is 169 Å². The van der Waals surface area contributed by atoms with Gasteiger partial charge in [-0.1, -0.05) is 6.08 Å². The fraction of sp³-hybridized carbons (Fsp3) is 0.310. The molecule has 0 radical (unpaired) electrons. The van der Waals surface area contributed by atoms with Crippen molar-refractivity contribution < 1.29 is 23.9 Å². The number of allylic oxidation sites excluding steroid dienone is 2. The van der Waals surface area contributed by atoms with Gasteiger partial charge >= 0.3 is 0 Å². The number of nitroso groups, excluding NO2 is 1. The smallest absolute Gasteiger partial charge is 0.252 e. The number of amides is 1. The summed E-state index contributed by atoms with van der Waals surface area (Å²) in [6, 6.07) is 7.19. The normalized spacial score (nSPS) is 22.2. The number of nitrogens with zero attached hydrogens (tertiary/aromatic N) is 3. The molecule has 0 saturated heterocycles. The number of nitrogens with two attached hydrogens (primary N) is 2. The lowest BCUT2D eigenvalue weighted by atomic mass is 9.61. The molecule has 3 atom stereocenters. The quantitative estimate of drug-likeness (QED) is 0.164. The van der Waals surface area contributed by atoms with Crippen molar-refractivity contribution in [3.8, 4) is 0 Å². The van der Waals surface area contributed by atoms with Crippen LogP contribution >= 0.6 is 0 Å². The summed E-state index contributed by atoms with van der Waals surface area (Å²) >= 11 is 0. The minimum atomic E-state index is -1.12. The zero-order valence-electron chi connectivity index (χ0n) is 22.0. The molecular weight excluding hydrogens is 517 g/mol. The number of anilines is 1. The molecule has 0 spiro atoms. The Labute approximate surface area is 229 Å². The van der Waals surface area contributed by atoms with Crippen LogP contribution in [0.15, 0.2) is 57.7 Å². The molecule has 0 aliphatic heterocycles. The van der Waals surface area contributed by atoms with E-state index in [1.54, 1.807) is 6.07 Å². The van der Waals surface area contributed by atoms with E-state index in [0.717, 1.165) is 0 Å². The third-order valence-electron chi connectivity index (χ3n) is 7.90. The third kappa shape index (κ3) is 4.47. The minimum absolute atomic E-state index is 0.0114. The summed E-state index contributed by atoms with van der Waals surface area (Å²) in [7, 11) is 3.63. The number of aliphatic imine (C=N–C) groups is 1. The molecule has 2 aromatic carbocycles. The first-order chi connectivity index (χ1) is 19.0. The summed E-state index contributed by atoms with van der Waals surface area (Å²) in [6.45, 7) is 0. The highest BCUT2D eigenvalue weighted by Gasteiger charge is 2.50. The fourth-order valence-electron chi connectivity index (χ4n) is 6.17. The predicted octanol–water partition coefficient (Wildman–Crippen LogP) is 3.55. The number of primary amides is 1. The number of ketones is 2. The Kier molecular flexibility index (Phi) is 6.82. The van der Waals surface area contributed by atoms with Gasteiger partial charge in [0, 0.05) is 31.8 Å². The summed E-state index contributed by atoms with van der Waals surface area (Å²) in [6.07, 6.45) is 2.63. The van der Waals surface area contributed by atoms with E-state index in [0.29, 0.717) is 41.8 Å². The van der Waals surface area contributed by atoms with Crippen molar-refractivity contribution in [1.29, 1.82) is 0 Å². The molecule has 3 aliphatic carbocycles. The van der Waals surface area contributed by atoms with E-state index in [2.05, 4.69) is 10.2 Å². The molecular formula is C29H28FN5O5. The Hall–Kier alpha value is -4.67. The van der Waals surface area contributed by atoms with E-state index < -0.39 is 35.0 Å². The summed E-state index contributed by atoms with van der Waals surface area (Å²) in [5.41, 5.74) is 13.6. The van der Waals surface area contributed by atoms with Crippen LogP contribution in [0.4, 0.5) is 21.5 Å². The van der Waals surface area contributed by atoms with Crippen LogP contribution in [0.5, 0.6) is 0 Å². The second-order valence-corrected chi connectivity index (χ2v) is 10.6. The molecule has 1 amide bonds. The molecule has 5 rings (SSSR count). The first-order valence-electron chi connectivity index (χ1n) is 12.8. The molecule has 3 aliphatic rings. The zero-order valence-corrected chi connectivity index (χ0v) is 22.0. The van der Waals surface area contributed by atoms with Crippen molar-refractivity contribution >= 4 is 46.1 Å². The van der Waals surface area contributed by atoms with Crippen LogP contribution in [-0.2, 0) is 27.2 Å². The van der Waals surface area contributed by atoms with Crippen LogP contribution in [0.2, 0.25) is 0 Å². The number of amidine groups is 1. The van der Waals surface area contributed by atoms with Crippen molar-refractivity contribution in [2.24, 2.45) is 39.4 Å². The monoisotopic (exact) mass is 545 g/mol. The molecule has 206 valence electrons. The van der Waals surface area contributed by atoms with Gasteiger partial charge in [0.15, 0.2) is 11.6 Å². The first kappa shape index (κ1) is 26.9. The van der Waals surface area contributed by atoms with Gasteiger partial charge in [-0.25, -0.2) is 9.38 Å². The van der Waals surface area contributed by atoms with Gasteiger partial charge in [-0.15, -0.1) is 4.91 Å². The number of rotatable bonds is 6. The maximum atomic E-state index is 13.7. The standard InChI is InChI=1S/C29H28FN5O5/c1-35(2)20-11-15(12-21(31)33-17-6-4-16(30)5-7-17)25(34-40)24-19(20)10-14-9-13-3-8-18(29(32)39)26(36)22(13)27(37)23(14)28(24)38/h4-8,11,13-14,22,38H,3,9-10,12H2,1-2H3,(H2,31,33)(H2,32,39). The van der Waals surface area contributed by atoms with Crippen LogP contribution in [0.25, 0.3) is 5.76 Å². The number of halogens is 1. The van der Waals surface area contributed by atoms with E-state index >= 15 is 0 Å². The Bertz CT molecular complexity index is 1560. The number of carbonyl (C=O) groups excluding carboxylic acids is 3. The van der Waals surface area contributed by atoms with Crippen molar-refractivity contribution in [3.05, 3.63) is 75.0 Å². The fourth-order valence-corrected chi connectivity index (χ4v) is 6.17. The molecule has 10 nitrogen and oxygen atoms in total. The molecule has 3 unspecified atom stereocenters. The van der Waals surface area contributed by atoms with Gasteiger partial charge in [0.05, 0.1) is 22.7 Å². The summed E-state index contributed by atoms with van der Waals surface area (Å²) in [5, 5.41) is 14.8. The number of aliphatic hydroxyl groups is 1. The highest BCUT2D eigenvalue weighted by molar-refractivity contribution is 6.28. The van der Waals surface area contributed by atoms with Gasteiger partial charge in [-0.3, -0.25) is 14.4 Å². The maximum absolute atomic E-state index is 13.7. The van der Waals surface area contributed by atoms with Crippen LogP contribution < -0.4 is 16.4 Å². The van der Waals surface area contributed by atoms with E-state index in [1.165, 1.54) is 30.3 Å². The number of hydrogen-bond acceptors (Lipinski definition) is 8. The SMILES string of the molecule is CN(C)c1cc(CC(N)=Nc2ccc(F)cc2)c(N=O)c2c1CC1CC3CC=C(C(N)=O)C(=O)C3C(=O)C1=C2O. The average molecular weight is 546 g/mol. The van der Waals surface area contributed by atoms with Crippen LogP contribution in [-0.4, -0.2) is 42.5 Å². The van der Waals surface area contributed by atoms with Gasteiger partial charge in [-0.2, -0.15) is 0 Å². The van der Waals surface area contributed by atoms with E-state index in [-0.39, 0.29) is 46.5 Å². The highest BCUT2D eigenvalue weighted by Crippen LogP contribution is 2.51. The Morgan fingerprint density at radius 3 is 2.48 bits per heavy atom. The van der Waals surface area contributed by atoms with Crippen molar-refractivity contribution in [2.75, 3.05) is 19.0 Å². The van der Waals surface area contributed by atoms with E-state index in [9.17, 15) is 28.8 Å². The number of carbonyl (C=O) groups is 3. The van der Waals surface area contributed by atoms with Gasteiger partial charge < -0.3 is 21.5 Å². The molecule has 1 fully saturated rings. The number of Topliss-reactive ketones (excluding diaryl/α,β-unsaturated/α-hetero) is 2. The lowest BCUT2D eigenvalue weighted by Gasteiger charge is -2.41. The summed E-state index contributed by atoms with van der Waals surface area (Å²) in [5.74, 6) is -4.61. The first-order valence-corrected chi connectivity index (χ1v) is 12.8. The van der Waals surface area contributed by atoms with Crippen molar-refractivity contribution in [3.63, 3.8) is 0 Å². The van der Waals surface area contributed by atoms with Crippen molar-refractivity contribution in [2.45, 2.75) is 25.7 Å². The number of aliphatic hydroxyl groups excluding tert-OH is 1. The number of hydrogen-bond donors (Lipinski definition) is 3. The van der Waals surface area contributed by atoms with Crippen LogP contribution in [0.1, 0.15) is 29.5 Å². The Morgan fingerprint density at radius 1 is 1.15 bits per heavy atom. The lowest BCUT2D eigenvalue weighted by molar-refractivity contribution is -0.134. The Balaban J connectivity index is 1.61. The van der Waals surface area contributed by atoms with Crippen LogP contribution in [0.3, 0.4) is 0 Å². The average Bonchev–Trinajstić information content (AvgIpc) is 2.89. The van der Waals surface area contributed by atoms with Gasteiger partial charge in [0.2, 0.25) is 0 Å². The second-order valence-electron chi connectivity index (χ2n) is 10.6. The molecule has 0 aromatic heterocycles. The Morgan fingerprint density at radius 2 is 1.85 bits per heavy atom. The molecule has 40 heavy (non-hydrogen) atoms. The molecule has 0 bridgehead atoms. The van der Waals surface area contributed by atoms with Gasteiger partial charge in [0.1, 0.15) is 23.1 Å². The molecule has 1 saturated carbocycles. The number of fused-ring (bicyclic) bond motifs is 3. The van der Waals surface area contributed by atoms with Crippen LogP contribution in [0, 0.1) is 28.5 Å². The highest BCUT2D eigenvalue weighted by atomic mass is 19.1. The maximum Gasteiger partial charge on any atom is 0.252 e. The zero-order chi connectivity index (χ0) is 28.9. The molecule has 5 N–H and O–H groups in total. The summed E-state index contributed by atoms with van der Waals surface area (Å²) in [4.78, 5) is 56.8. The lowest BCUT2D eigenvalue weighted by Crippen LogP contribution is -2.45. The minimum Gasteiger partial charge on any atom is -0.507 e. The summed E-state index contributed by atoms with van der Waals surface area (Å²) < 4.78 is 13.3. The van der Waals surface area contributed by atoms with Gasteiger partial charge in [-0.05, 0) is 77.7 Å². The van der Waals surface area contributed by atoms with Crippen molar-refractivity contribution in [1.82, 2.24) is 0 Å². The van der Waals surface area contributed by atoms with Gasteiger partial charge in [0.25, 0.3) is 5.91 Å². The second kappa shape index (κ2) is 10.1. The molecule has 11 heteroatoms. The third-order valence-corrected chi connectivity index (χ3v) is 7.90. The van der Waals surface area contributed by atoms with E-state index in [1.807, 2.05) is 19.0 Å². The predicted molar refractivity (Wildman–Crippen MR) is 148 cm³/mol.